The van der Waals surface area contributed by atoms with Gasteiger partial charge in [-0.3, -0.25) is 4.79 Å². The lowest BCUT2D eigenvalue weighted by Gasteiger charge is -2.13. The number of benzene rings is 2. The van der Waals surface area contributed by atoms with Crippen LogP contribution in [0.25, 0.3) is 5.69 Å². The number of nitrogens with one attached hydrogen (secondary N) is 1. The highest BCUT2D eigenvalue weighted by molar-refractivity contribution is 8.00. The number of amides is 1. The first-order chi connectivity index (χ1) is 13.0. The molecule has 0 bridgehead atoms. The third kappa shape index (κ3) is 4.54. The Labute approximate surface area is 163 Å². The Morgan fingerprint density at radius 2 is 1.78 bits per heavy atom. The number of para-hydroxylation sites is 1. The smallest absolute Gasteiger partial charge is 0.237 e. The molecule has 7 heteroatoms. The highest BCUT2D eigenvalue weighted by Gasteiger charge is 2.20. The number of aromatic nitrogens is 4. The van der Waals surface area contributed by atoms with Gasteiger partial charge in [0.25, 0.3) is 0 Å². The summed E-state index contributed by atoms with van der Waals surface area (Å²) in [6.45, 7) is 8.14. The molecule has 27 heavy (non-hydrogen) atoms. The van der Waals surface area contributed by atoms with Gasteiger partial charge in [-0.2, -0.15) is 4.68 Å². The van der Waals surface area contributed by atoms with E-state index in [1.807, 2.05) is 62.4 Å². The number of aryl methyl sites for hydroxylation is 1. The zero-order valence-electron chi connectivity index (χ0n) is 15.9. The highest BCUT2D eigenvalue weighted by Crippen LogP contribution is 2.25. The average Bonchev–Trinajstić information content (AvgIpc) is 3.10. The average molecular weight is 382 g/mol. The molecule has 1 aromatic heterocycles. The molecule has 3 aromatic rings. The van der Waals surface area contributed by atoms with Gasteiger partial charge < -0.3 is 5.32 Å². The number of tetrazole rings is 1. The van der Waals surface area contributed by atoms with Crippen LogP contribution in [-0.2, 0) is 4.79 Å². The standard InChI is InChI=1S/C20H23N5OS/c1-13(2)16-9-11-17(12-10-16)21-19(26)15(4)27-20-22-23-24-25(20)18-8-6-5-7-14(18)3/h5-13,15H,1-4H3,(H,21,26)/t15-/m0/s1. The number of anilines is 1. The maximum absolute atomic E-state index is 12.6. The molecule has 1 atom stereocenters. The topological polar surface area (TPSA) is 72.7 Å². The second kappa shape index (κ2) is 8.35. The third-order valence-corrected chi connectivity index (χ3v) is 5.31. The van der Waals surface area contributed by atoms with Crippen LogP contribution in [0.5, 0.6) is 0 Å². The minimum absolute atomic E-state index is 0.0865. The first-order valence-corrected chi connectivity index (χ1v) is 9.75. The Bertz CT molecular complexity index is 920. The fraction of sp³-hybridized carbons (Fsp3) is 0.300. The Hall–Kier alpha value is -2.67. The van der Waals surface area contributed by atoms with Gasteiger partial charge in [0.15, 0.2) is 0 Å². The van der Waals surface area contributed by atoms with Crippen LogP contribution in [0.3, 0.4) is 0 Å². The van der Waals surface area contributed by atoms with E-state index in [9.17, 15) is 4.79 Å². The number of hydrogen-bond acceptors (Lipinski definition) is 5. The van der Waals surface area contributed by atoms with E-state index in [1.165, 1.54) is 17.3 Å². The van der Waals surface area contributed by atoms with E-state index < -0.39 is 0 Å². The number of thioether (sulfide) groups is 1. The molecule has 0 aliphatic heterocycles. The zero-order chi connectivity index (χ0) is 19.4. The summed E-state index contributed by atoms with van der Waals surface area (Å²) < 4.78 is 1.67. The predicted molar refractivity (Wildman–Crippen MR) is 108 cm³/mol. The van der Waals surface area contributed by atoms with Crippen molar-refractivity contribution in [3.63, 3.8) is 0 Å². The van der Waals surface area contributed by atoms with Gasteiger partial charge in [-0.1, -0.05) is 55.9 Å². The number of nitrogens with zero attached hydrogens (tertiary/aromatic N) is 4. The Balaban J connectivity index is 1.69. The minimum atomic E-state index is -0.344. The fourth-order valence-corrected chi connectivity index (χ4v) is 3.41. The number of rotatable bonds is 6. The van der Waals surface area contributed by atoms with Crippen molar-refractivity contribution in [2.24, 2.45) is 0 Å². The van der Waals surface area contributed by atoms with Crippen molar-refractivity contribution in [2.75, 3.05) is 5.32 Å². The molecule has 3 rings (SSSR count). The first kappa shape index (κ1) is 19.1. The second-order valence-corrected chi connectivity index (χ2v) is 7.99. The van der Waals surface area contributed by atoms with Gasteiger partial charge in [-0.05, 0) is 59.5 Å². The molecule has 1 heterocycles. The summed E-state index contributed by atoms with van der Waals surface area (Å²) in [6.07, 6.45) is 0. The Morgan fingerprint density at radius 1 is 1.07 bits per heavy atom. The van der Waals surface area contributed by atoms with E-state index in [-0.39, 0.29) is 11.2 Å². The SMILES string of the molecule is Cc1ccccc1-n1nnnc1S[C@@H](C)C(=O)Nc1ccc(C(C)C)cc1. The molecule has 1 N–H and O–H groups in total. The fourth-order valence-electron chi connectivity index (χ4n) is 2.61. The van der Waals surface area contributed by atoms with E-state index in [2.05, 4.69) is 34.7 Å². The van der Waals surface area contributed by atoms with Gasteiger partial charge in [-0.25, -0.2) is 0 Å². The molecule has 0 spiro atoms. The van der Waals surface area contributed by atoms with Crippen LogP contribution < -0.4 is 5.32 Å². The molecule has 0 saturated carbocycles. The van der Waals surface area contributed by atoms with Crippen molar-refractivity contribution in [1.29, 1.82) is 0 Å². The van der Waals surface area contributed by atoms with Crippen LogP contribution in [0.1, 0.15) is 37.8 Å². The molecular formula is C20H23N5OS. The molecule has 0 radical (unpaired) electrons. The van der Waals surface area contributed by atoms with Crippen LogP contribution >= 0.6 is 11.8 Å². The summed E-state index contributed by atoms with van der Waals surface area (Å²) in [6, 6.07) is 15.8. The number of carbonyl (C=O) groups excluding carboxylic acids is 1. The lowest BCUT2D eigenvalue weighted by molar-refractivity contribution is -0.115. The maximum atomic E-state index is 12.6. The molecule has 1 amide bonds. The van der Waals surface area contributed by atoms with Gasteiger partial charge in [0, 0.05) is 5.69 Å². The summed E-state index contributed by atoms with van der Waals surface area (Å²) >= 11 is 1.33. The molecule has 140 valence electrons. The van der Waals surface area contributed by atoms with Gasteiger partial charge in [-0.15, -0.1) is 5.10 Å². The quantitative estimate of drug-likeness (QED) is 0.648. The molecule has 0 aliphatic carbocycles. The predicted octanol–water partition coefficient (Wildman–Crippen LogP) is 4.21. The van der Waals surface area contributed by atoms with Crippen LogP contribution in [0.15, 0.2) is 53.7 Å². The normalized spacial score (nSPS) is 12.2. The second-order valence-electron chi connectivity index (χ2n) is 6.69. The van der Waals surface area contributed by atoms with Crippen molar-refractivity contribution in [3.8, 4) is 5.69 Å². The zero-order valence-corrected chi connectivity index (χ0v) is 16.7. The third-order valence-electron chi connectivity index (χ3n) is 4.28. The van der Waals surface area contributed by atoms with Gasteiger partial charge in [0.05, 0.1) is 10.9 Å². The summed E-state index contributed by atoms with van der Waals surface area (Å²) in [4.78, 5) is 12.6. The molecule has 2 aromatic carbocycles. The van der Waals surface area contributed by atoms with Crippen LogP contribution in [0, 0.1) is 6.92 Å². The largest absolute Gasteiger partial charge is 0.325 e. The van der Waals surface area contributed by atoms with Crippen LogP contribution in [-0.4, -0.2) is 31.4 Å². The monoisotopic (exact) mass is 381 g/mol. The van der Waals surface area contributed by atoms with Gasteiger partial charge in [0.2, 0.25) is 11.1 Å². The highest BCUT2D eigenvalue weighted by atomic mass is 32.2. The molecule has 0 saturated heterocycles. The molecule has 0 aliphatic rings. The van der Waals surface area contributed by atoms with E-state index in [4.69, 9.17) is 0 Å². The molecular weight excluding hydrogens is 358 g/mol. The lowest BCUT2D eigenvalue weighted by atomic mass is 10.0. The van der Waals surface area contributed by atoms with Crippen molar-refractivity contribution < 1.29 is 4.79 Å². The van der Waals surface area contributed by atoms with Crippen molar-refractivity contribution >= 4 is 23.4 Å². The number of carbonyl (C=O) groups is 1. The lowest BCUT2D eigenvalue weighted by Crippen LogP contribution is -2.23. The molecule has 6 nitrogen and oxygen atoms in total. The summed E-state index contributed by atoms with van der Waals surface area (Å²) in [5.74, 6) is 0.376. The number of hydrogen-bond donors (Lipinski definition) is 1. The van der Waals surface area contributed by atoms with Gasteiger partial charge in [0.1, 0.15) is 0 Å². The van der Waals surface area contributed by atoms with Crippen LogP contribution in [0.4, 0.5) is 5.69 Å². The van der Waals surface area contributed by atoms with Crippen molar-refractivity contribution in [3.05, 3.63) is 59.7 Å². The van der Waals surface area contributed by atoms with E-state index >= 15 is 0 Å². The van der Waals surface area contributed by atoms with Crippen LogP contribution in [0.2, 0.25) is 0 Å². The Kier molecular flexibility index (Phi) is 5.91. The summed E-state index contributed by atoms with van der Waals surface area (Å²) in [7, 11) is 0. The first-order valence-electron chi connectivity index (χ1n) is 8.87. The van der Waals surface area contributed by atoms with E-state index in [1.54, 1.807) is 4.68 Å². The van der Waals surface area contributed by atoms with E-state index in [0.29, 0.717) is 11.1 Å². The van der Waals surface area contributed by atoms with Crippen molar-refractivity contribution in [1.82, 2.24) is 20.2 Å². The minimum Gasteiger partial charge on any atom is -0.325 e. The summed E-state index contributed by atoms with van der Waals surface area (Å²) in [5, 5.41) is 15.1. The molecule has 0 fully saturated rings. The van der Waals surface area contributed by atoms with Gasteiger partial charge >= 0.3 is 0 Å². The molecule has 0 unspecified atom stereocenters. The Morgan fingerprint density at radius 3 is 2.44 bits per heavy atom. The van der Waals surface area contributed by atoms with E-state index in [0.717, 1.165) is 16.9 Å². The maximum Gasteiger partial charge on any atom is 0.237 e. The van der Waals surface area contributed by atoms with Crippen molar-refractivity contribution in [2.45, 2.75) is 44.0 Å². The summed E-state index contributed by atoms with van der Waals surface area (Å²) in [5.41, 5.74) is 4.00.